The Labute approximate surface area is 130 Å². The second-order valence-corrected chi connectivity index (χ2v) is 5.49. The number of hydrogen-bond acceptors (Lipinski definition) is 2. The molecular weight excluding hydrogens is 291 g/mol. The molecule has 106 valence electrons. The summed E-state index contributed by atoms with van der Waals surface area (Å²) in [6, 6.07) is 11.8. The van der Waals surface area contributed by atoms with E-state index < -0.39 is 0 Å². The molecule has 0 saturated carbocycles. The minimum atomic E-state index is 0.786. The van der Waals surface area contributed by atoms with Crippen molar-refractivity contribution in [2.45, 2.75) is 13.8 Å². The first kappa shape index (κ1) is 15.0. The van der Waals surface area contributed by atoms with Crippen molar-refractivity contribution >= 4 is 34.6 Å². The summed E-state index contributed by atoms with van der Waals surface area (Å²) in [5.41, 5.74) is 4.30. The molecule has 0 aliphatic carbocycles. The molecule has 2 nitrogen and oxygen atoms in total. The Morgan fingerprint density at radius 2 is 1.15 bits per heavy atom. The van der Waals surface area contributed by atoms with Crippen molar-refractivity contribution in [2.75, 3.05) is 23.7 Å². The number of hydrogen-bond donors (Lipinski definition) is 2. The van der Waals surface area contributed by atoms with Crippen LogP contribution >= 0.6 is 23.2 Å². The van der Waals surface area contributed by atoms with Gasteiger partial charge in [0.2, 0.25) is 0 Å². The van der Waals surface area contributed by atoms with Gasteiger partial charge in [0.1, 0.15) is 0 Å². The van der Waals surface area contributed by atoms with Gasteiger partial charge in [-0.1, -0.05) is 35.3 Å². The quantitative estimate of drug-likeness (QED) is 0.748. The molecule has 2 aromatic rings. The van der Waals surface area contributed by atoms with Gasteiger partial charge in [-0.05, 0) is 49.2 Å². The van der Waals surface area contributed by atoms with Gasteiger partial charge in [0.25, 0.3) is 0 Å². The van der Waals surface area contributed by atoms with Crippen molar-refractivity contribution in [3.63, 3.8) is 0 Å². The van der Waals surface area contributed by atoms with E-state index in [2.05, 4.69) is 10.6 Å². The van der Waals surface area contributed by atoms with Crippen molar-refractivity contribution in [3.8, 4) is 0 Å². The molecular formula is C16H18Cl2N2. The minimum Gasteiger partial charge on any atom is -0.383 e. The van der Waals surface area contributed by atoms with Crippen molar-refractivity contribution in [3.05, 3.63) is 57.6 Å². The lowest BCUT2D eigenvalue weighted by atomic mass is 10.2. The van der Waals surface area contributed by atoms with Crippen LogP contribution in [0.3, 0.4) is 0 Å². The topological polar surface area (TPSA) is 24.1 Å². The number of rotatable bonds is 5. The fourth-order valence-electron chi connectivity index (χ4n) is 1.99. The van der Waals surface area contributed by atoms with Crippen LogP contribution in [-0.4, -0.2) is 13.1 Å². The van der Waals surface area contributed by atoms with Gasteiger partial charge in [0, 0.05) is 34.5 Å². The zero-order valence-electron chi connectivity index (χ0n) is 11.6. The second kappa shape index (κ2) is 6.87. The van der Waals surface area contributed by atoms with Gasteiger partial charge in [-0.25, -0.2) is 0 Å². The summed E-state index contributed by atoms with van der Waals surface area (Å²) in [4.78, 5) is 0. The molecule has 0 unspecified atom stereocenters. The minimum absolute atomic E-state index is 0.786. The first-order valence-corrected chi connectivity index (χ1v) is 7.33. The summed E-state index contributed by atoms with van der Waals surface area (Å²) in [7, 11) is 0. The molecule has 0 aliphatic rings. The average Bonchev–Trinajstić information content (AvgIpc) is 2.43. The van der Waals surface area contributed by atoms with Crippen molar-refractivity contribution in [1.29, 1.82) is 0 Å². The van der Waals surface area contributed by atoms with Gasteiger partial charge in [0.15, 0.2) is 0 Å². The number of halogens is 2. The molecule has 20 heavy (non-hydrogen) atoms. The average molecular weight is 309 g/mol. The highest BCUT2D eigenvalue weighted by atomic mass is 35.5. The van der Waals surface area contributed by atoms with Crippen LogP contribution in [0.4, 0.5) is 11.4 Å². The molecule has 0 atom stereocenters. The van der Waals surface area contributed by atoms with Gasteiger partial charge < -0.3 is 10.6 Å². The van der Waals surface area contributed by atoms with Gasteiger partial charge in [-0.3, -0.25) is 0 Å². The lowest BCUT2D eigenvalue weighted by molar-refractivity contribution is 1.07. The smallest absolute Gasteiger partial charge is 0.0455 e. The van der Waals surface area contributed by atoms with Gasteiger partial charge in [-0.15, -0.1) is 0 Å². The molecule has 0 aromatic heterocycles. The Morgan fingerprint density at radius 1 is 0.750 bits per heavy atom. The van der Waals surface area contributed by atoms with E-state index in [-0.39, 0.29) is 0 Å². The van der Waals surface area contributed by atoms with Crippen LogP contribution in [0.1, 0.15) is 11.1 Å². The van der Waals surface area contributed by atoms with Crippen LogP contribution in [0.25, 0.3) is 0 Å². The predicted octanol–water partition coefficient (Wildman–Crippen LogP) is 5.13. The van der Waals surface area contributed by atoms with Crippen molar-refractivity contribution in [2.24, 2.45) is 0 Å². The van der Waals surface area contributed by atoms with E-state index in [9.17, 15) is 0 Å². The Balaban J connectivity index is 1.88. The van der Waals surface area contributed by atoms with E-state index in [1.165, 1.54) is 0 Å². The summed E-state index contributed by atoms with van der Waals surface area (Å²) in [6.07, 6.45) is 0. The molecule has 2 rings (SSSR count). The fourth-order valence-corrected chi connectivity index (χ4v) is 2.34. The predicted molar refractivity (Wildman–Crippen MR) is 89.4 cm³/mol. The summed E-state index contributed by atoms with van der Waals surface area (Å²) < 4.78 is 0. The number of nitrogens with one attached hydrogen (secondary N) is 2. The standard InChI is InChI=1S/C16H18Cl2N2/c1-11-13(17)5-3-7-15(11)19-9-10-20-16-8-4-6-14(18)12(16)2/h3-8,19-20H,9-10H2,1-2H3. The summed E-state index contributed by atoms with van der Waals surface area (Å²) in [6.45, 7) is 5.65. The Morgan fingerprint density at radius 3 is 1.55 bits per heavy atom. The first-order valence-electron chi connectivity index (χ1n) is 6.57. The van der Waals surface area contributed by atoms with Crippen LogP contribution < -0.4 is 10.6 Å². The monoisotopic (exact) mass is 308 g/mol. The Hall–Kier alpha value is -1.38. The maximum atomic E-state index is 6.09. The first-order chi connectivity index (χ1) is 9.59. The second-order valence-electron chi connectivity index (χ2n) is 4.68. The van der Waals surface area contributed by atoms with E-state index in [4.69, 9.17) is 23.2 Å². The molecule has 2 aromatic carbocycles. The van der Waals surface area contributed by atoms with Crippen molar-refractivity contribution in [1.82, 2.24) is 0 Å². The molecule has 0 amide bonds. The molecule has 0 bridgehead atoms. The number of anilines is 2. The third-order valence-electron chi connectivity index (χ3n) is 3.29. The highest BCUT2D eigenvalue weighted by molar-refractivity contribution is 6.32. The lowest BCUT2D eigenvalue weighted by Crippen LogP contribution is -2.14. The summed E-state index contributed by atoms with van der Waals surface area (Å²) >= 11 is 12.2. The third-order valence-corrected chi connectivity index (χ3v) is 4.11. The maximum Gasteiger partial charge on any atom is 0.0455 e. The SMILES string of the molecule is Cc1c(Cl)cccc1NCCNc1cccc(Cl)c1C. The zero-order valence-corrected chi connectivity index (χ0v) is 13.1. The van der Waals surface area contributed by atoms with E-state index in [1.807, 2.05) is 50.2 Å². The molecule has 0 radical (unpaired) electrons. The third kappa shape index (κ3) is 3.59. The van der Waals surface area contributed by atoms with Crippen LogP contribution in [0.5, 0.6) is 0 Å². The van der Waals surface area contributed by atoms with Gasteiger partial charge in [0.05, 0.1) is 0 Å². The maximum absolute atomic E-state index is 6.09. The Kier molecular flexibility index (Phi) is 5.16. The Bertz CT molecular complexity index is 544. The fraction of sp³-hybridized carbons (Fsp3) is 0.250. The highest BCUT2D eigenvalue weighted by Crippen LogP contribution is 2.24. The van der Waals surface area contributed by atoms with E-state index in [0.29, 0.717) is 0 Å². The van der Waals surface area contributed by atoms with Gasteiger partial charge in [-0.2, -0.15) is 0 Å². The molecule has 0 heterocycles. The number of benzene rings is 2. The molecule has 0 aliphatic heterocycles. The summed E-state index contributed by atoms with van der Waals surface area (Å²) in [5, 5.41) is 8.33. The van der Waals surface area contributed by atoms with Crippen LogP contribution in [0, 0.1) is 13.8 Å². The molecule has 0 spiro atoms. The zero-order chi connectivity index (χ0) is 14.5. The molecule has 0 saturated heterocycles. The normalized spacial score (nSPS) is 10.4. The van der Waals surface area contributed by atoms with Crippen LogP contribution in [-0.2, 0) is 0 Å². The van der Waals surface area contributed by atoms with E-state index >= 15 is 0 Å². The highest BCUT2D eigenvalue weighted by Gasteiger charge is 2.02. The van der Waals surface area contributed by atoms with E-state index in [0.717, 1.165) is 45.6 Å². The molecule has 2 N–H and O–H groups in total. The molecule has 4 heteroatoms. The lowest BCUT2D eigenvalue weighted by Gasteiger charge is -2.13. The van der Waals surface area contributed by atoms with Crippen molar-refractivity contribution < 1.29 is 0 Å². The largest absolute Gasteiger partial charge is 0.383 e. The summed E-state index contributed by atoms with van der Waals surface area (Å²) in [5.74, 6) is 0. The van der Waals surface area contributed by atoms with Crippen LogP contribution in [0.15, 0.2) is 36.4 Å². The van der Waals surface area contributed by atoms with E-state index in [1.54, 1.807) is 0 Å². The van der Waals surface area contributed by atoms with Crippen LogP contribution in [0.2, 0.25) is 10.0 Å². The molecule has 0 fully saturated rings. The van der Waals surface area contributed by atoms with Gasteiger partial charge >= 0.3 is 0 Å².